The van der Waals surface area contributed by atoms with Crippen molar-refractivity contribution < 1.29 is 0 Å². The standard InChI is InChI=1S/C32H26N6.C31H24N6.C16H12.C8H9N3/c1-19-11-5-8-18-26(19)37-32-27-20(2)12-10-17-25(27)29-31(24-16-7-6-15-23(24)28(32)33-35-37)38(36-34-29)30-21(3)13-9-14-22(30)4;1-19-11-4-9-18-26(19)36-30-24-16-7-8-17-25(24)31-28(23-15-6-5-14-22(23)27(30)32-34-36)33-35-37(31)29-20(2)12-10-13-21(29)3;1-2-6-14-11-12-16-8-4-3-7-15(16)10-9-13(14)5-1;1-6-4-3-5-7(2)8(6)10-11-9/h5-18H,1-4H3;4-18H,1-3H3;1-12H;3-5H,1-2H3/b;;10-9-,12-11?,13-9?,14-11?,15-10?,16-12?;. The van der Waals surface area contributed by atoms with Gasteiger partial charge in [-0.1, -0.05) is 281 Å². The first-order valence-electron chi connectivity index (χ1n) is 34.0. The van der Waals surface area contributed by atoms with Gasteiger partial charge >= 0.3 is 0 Å². The molecule has 0 aliphatic heterocycles. The normalized spacial score (nSPS) is 11.8. The third-order valence-corrected chi connectivity index (χ3v) is 19.2. The Labute approximate surface area is 592 Å². The molecule has 4 heterocycles. The molecule has 0 N–H and O–H groups in total. The number of aryl methyl sites for hydroxylation is 9. The molecule has 3 aliphatic carbocycles. The quantitative estimate of drug-likeness (QED) is 0.0930. The molecule has 15 heteroatoms. The minimum Gasteiger partial charge on any atom is -0.212 e. The van der Waals surface area contributed by atoms with Gasteiger partial charge in [-0.05, 0) is 152 Å². The smallest absolute Gasteiger partial charge is 0.122 e. The van der Waals surface area contributed by atoms with Crippen LogP contribution in [0.3, 0.4) is 0 Å². The largest absolute Gasteiger partial charge is 0.212 e. The average molecular weight is 1330 g/mol. The molecule has 0 bridgehead atoms. The summed E-state index contributed by atoms with van der Waals surface area (Å²) in [5.41, 5.74) is 43.6. The van der Waals surface area contributed by atoms with Crippen molar-refractivity contribution in [2.75, 3.05) is 0 Å². The van der Waals surface area contributed by atoms with Crippen molar-refractivity contribution in [3.05, 3.63) is 325 Å². The van der Waals surface area contributed by atoms with Gasteiger partial charge in [0.2, 0.25) is 0 Å². The molecule has 0 fully saturated rings. The van der Waals surface area contributed by atoms with Gasteiger partial charge in [-0.2, -0.15) is 0 Å². The van der Waals surface area contributed by atoms with Crippen LogP contribution in [0.1, 0.15) is 72.3 Å². The highest BCUT2D eigenvalue weighted by molar-refractivity contribution is 6.02. The number of aromatic nitrogens is 12. The van der Waals surface area contributed by atoms with Crippen molar-refractivity contribution in [1.29, 1.82) is 0 Å². The summed E-state index contributed by atoms with van der Waals surface area (Å²) in [7, 11) is 0. The van der Waals surface area contributed by atoms with E-state index in [4.69, 9.17) is 41.6 Å². The lowest BCUT2D eigenvalue weighted by Gasteiger charge is -2.21. The molecule has 4 aromatic heterocycles. The van der Waals surface area contributed by atoms with E-state index in [1.165, 1.54) is 22.3 Å². The molecule has 3 aliphatic rings. The first-order chi connectivity index (χ1) is 49.9. The average Bonchev–Trinajstić information content (AvgIpc) is 1.53. The molecule has 11 aromatic carbocycles. The maximum Gasteiger partial charge on any atom is 0.122 e. The van der Waals surface area contributed by atoms with Crippen LogP contribution in [0.15, 0.2) is 248 Å². The van der Waals surface area contributed by atoms with Crippen molar-refractivity contribution in [2.24, 2.45) is 5.11 Å². The molecular weight excluding hydrogens is 1260 g/mol. The molecule has 0 saturated heterocycles. The second-order valence-corrected chi connectivity index (χ2v) is 25.8. The minimum atomic E-state index is 0.745. The third-order valence-electron chi connectivity index (χ3n) is 19.2. The maximum absolute atomic E-state index is 8.23. The molecule has 0 atom stereocenters. The summed E-state index contributed by atoms with van der Waals surface area (Å²) < 4.78 is 7.96. The van der Waals surface area contributed by atoms with Crippen LogP contribution in [0.25, 0.3) is 148 Å². The summed E-state index contributed by atoms with van der Waals surface area (Å²) in [6, 6.07) is 83.3. The molecule has 494 valence electrons. The topological polar surface area (TPSA) is 172 Å². The Balaban J connectivity index is 0.000000122. The molecule has 102 heavy (non-hydrogen) atoms. The molecule has 0 amide bonds. The Bertz CT molecular complexity index is 5700. The molecule has 0 saturated carbocycles. The van der Waals surface area contributed by atoms with Gasteiger partial charge in [0, 0.05) is 55.1 Å². The molecular formula is C87H71N15. The Kier molecular flexibility index (Phi) is 17.5. The lowest BCUT2D eigenvalue weighted by Crippen LogP contribution is -2.07. The highest BCUT2D eigenvalue weighted by Crippen LogP contribution is 2.50. The monoisotopic (exact) mass is 1330 g/mol. The van der Waals surface area contributed by atoms with Crippen molar-refractivity contribution in [3.8, 4) is 113 Å². The highest BCUT2D eigenvalue weighted by atomic mass is 15.5. The Hall–Kier alpha value is -13.2. The van der Waals surface area contributed by atoms with E-state index in [2.05, 4.69) is 276 Å². The number of azide groups is 1. The first-order valence-corrected chi connectivity index (χ1v) is 34.0. The van der Waals surface area contributed by atoms with Crippen LogP contribution in [-0.2, 0) is 0 Å². The van der Waals surface area contributed by atoms with E-state index in [1.807, 2.05) is 87.2 Å². The summed E-state index contributed by atoms with van der Waals surface area (Å²) in [5.74, 6) is 0. The highest BCUT2D eigenvalue weighted by Gasteiger charge is 2.34. The van der Waals surface area contributed by atoms with E-state index in [0.717, 1.165) is 169 Å². The number of rotatable bonds is 5. The number of nitrogens with zero attached hydrogens (tertiary/aromatic N) is 15. The van der Waals surface area contributed by atoms with Gasteiger partial charge in [-0.15, -0.1) is 20.4 Å². The predicted octanol–water partition coefficient (Wildman–Crippen LogP) is 21.4. The zero-order valence-corrected chi connectivity index (χ0v) is 58.1. The molecule has 0 spiro atoms. The van der Waals surface area contributed by atoms with E-state index < -0.39 is 0 Å². The Morgan fingerprint density at radius 1 is 0.265 bits per heavy atom. The lowest BCUT2D eigenvalue weighted by atomic mass is 9.87. The van der Waals surface area contributed by atoms with Gasteiger partial charge in [0.1, 0.15) is 45.6 Å². The summed E-state index contributed by atoms with van der Waals surface area (Å²) in [6.07, 6.45) is 8.71. The minimum absolute atomic E-state index is 0.745. The molecule has 0 unspecified atom stereocenters. The predicted molar refractivity (Wildman–Crippen MR) is 412 cm³/mol. The Morgan fingerprint density at radius 2 is 0.539 bits per heavy atom. The summed E-state index contributed by atoms with van der Waals surface area (Å²) >= 11 is 0. The zero-order valence-electron chi connectivity index (χ0n) is 58.1. The van der Waals surface area contributed by atoms with Crippen molar-refractivity contribution >= 4 is 30.0 Å². The summed E-state index contributed by atoms with van der Waals surface area (Å²) in [5, 5.41) is 41.7. The van der Waals surface area contributed by atoms with Crippen molar-refractivity contribution in [1.82, 2.24) is 60.0 Å². The molecule has 15 nitrogen and oxygen atoms in total. The van der Waals surface area contributed by atoms with Gasteiger partial charge in [0.05, 0.1) is 22.7 Å². The van der Waals surface area contributed by atoms with Gasteiger partial charge in [-0.25, -0.2) is 18.7 Å². The van der Waals surface area contributed by atoms with Gasteiger partial charge in [0.25, 0.3) is 0 Å². The fraction of sp³-hybridized carbons (Fsp3) is 0.103. The van der Waals surface area contributed by atoms with Crippen LogP contribution < -0.4 is 0 Å². The maximum atomic E-state index is 8.23. The first kappa shape index (κ1) is 64.7. The van der Waals surface area contributed by atoms with Crippen LogP contribution in [0.2, 0.25) is 0 Å². The summed E-state index contributed by atoms with van der Waals surface area (Å²) in [6.45, 7) is 18.7. The number of hydrogen-bond donors (Lipinski definition) is 0. The van der Waals surface area contributed by atoms with Crippen LogP contribution in [-0.4, -0.2) is 60.0 Å². The van der Waals surface area contributed by atoms with E-state index in [9.17, 15) is 0 Å². The summed E-state index contributed by atoms with van der Waals surface area (Å²) in [4.78, 5) is 2.75. The molecule has 15 aromatic rings. The zero-order chi connectivity index (χ0) is 70.1. The van der Waals surface area contributed by atoms with E-state index in [1.54, 1.807) is 0 Å². The fourth-order valence-electron chi connectivity index (χ4n) is 14.2. The third kappa shape index (κ3) is 11.8. The molecule has 18 rings (SSSR count). The number of hydrogen-bond acceptors (Lipinski definition) is 9. The van der Waals surface area contributed by atoms with Crippen molar-refractivity contribution in [2.45, 2.75) is 62.3 Å². The van der Waals surface area contributed by atoms with Crippen LogP contribution in [0.5, 0.6) is 0 Å². The van der Waals surface area contributed by atoms with E-state index in [-0.39, 0.29) is 0 Å². The van der Waals surface area contributed by atoms with E-state index >= 15 is 0 Å². The van der Waals surface area contributed by atoms with Crippen LogP contribution in [0.4, 0.5) is 5.69 Å². The fourth-order valence-corrected chi connectivity index (χ4v) is 14.2. The molecule has 0 radical (unpaired) electrons. The second kappa shape index (κ2) is 27.6. The van der Waals surface area contributed by atoms with Crippen LogP contribution >= 0.6 is 0 Å². The lowest BCUT2D eigenvalue weighted by molar-refractivity contribution is 0.797. The van der Waals surface area contributed by atoms with Gasteiger partial charge < -0.3 is 0 Å². The Morgan fingerprint density at radius 3 is 0.951 bits per heavy atom. The second-order valence-electron chi connectivity index (χ2n) is 25.8. The SMILES string of the molecule is C1=Cc2ccccc2/C=C\c2ccccc21.Cc1cccc(C)c1N=[N+]=[N-].Cc1ccccc1-n1nnc2c1-c1c(C)cccc1-c1nnn(-c3c(C)cccc3C)c1-c1ccccc1-2.Cc1ccccc1-n1nnc2c1-c1ccccc1-c1c(nnn1-c1c(C)cccc1C)-c1ccccc1-2. The van der Waals surface area contributed by atoms with E-state index in [0.29, 0.717) is 0 Å². The van der Waals surface area contributed by atoms with Crippen LogP contribution in [0, 0.1) is 62.3 Å². The van der Waals surface area contributed by atoms with Gasteiger partial charge in [0.15, 0.2) is 0 Å². The number of benzene rings is 11. The number of para-hydroxylation sites is 4. The van der Waals surface area contributed by atoms with Crippen molar-refractivity contribution in [3.63, 3.8) is 0 Å². The number of fused-ring (bicyclic) bond motifs is 18. The van der Waals surface area contributed by atoms with Gasteiger partial charge in [-0.3, -0.25) is 0 Å².